The molecule has 5 heteroatoms. The third-order valence-electron chi connectivity index (χ3n) is 4.47. The molecular formula is C15H20N4O. The van der Waals surface area contributed by atoms with Crippen molar-refractivity contribution in [3.8, 4) is 0 Å². The van der Waals surface area contributed by atoms with Gasteiger partial charge in [-0.15, -0.1) is 0 Å². The minimum absolute atomic E-state index is 0.145. The number of benzene rings is 1. The van der Waals surface area contributed by atoms with Gasteiger partial charge in [-0.2, -0.15) is 0 Å². The lowest BCUT2D eigenvalue weighted by atomic mass is 9.91. The molecule has 20 heavy (non-hydrogen) atoms. The number of anilines is 2. The highest BCUT2D eigenvalue weighted by molar-refractivity contribution is 5.88. The van der Waals surface area contributed by atoms with Gasteiger partial charge >= 0.3 is 0 Å². The van der Waals surface area contributed by atoms with Crippen LogP contribution in [0.5, 0.6) is 0 Å². The van der Waals surface area contributed by atoms with Crippen LogP contribution in [0.3, 0.4) is 0 Å². The summed E-state index contributed by atoms with van der Waals surface area (Å²) >= 11 is 0. The van der Waals surface area contributed by atoms with Gasteiger partial charge in [0.25, 0.3) is 5.56 Å². The van der Waals surface area contributed by atoms with Crippen LogP contribution in [0.25, 0.3) is 10.9 Å². The number of nitrogens with zero attached hydrogens (tertiary/aromatic N) is 2. The van der Waals surface area contributed by atoms with Crippen molar-refractivity contribution in [2.24, 2.45) is 5.92 Å². The van der Waals surface area contributed by atoms with Crippen LogP contribution in [0.15, 0.2) is 23.3 Å². The van der Waals surface area contributed by atoms with E-state index in [1.54, 1.807) is 6.07 Å². The molecule has 1 saturated heterocycles. The number of piperidine rings is 1. The molecule has 3 rings (SSSR count). The Morgan fingerprint density at radius 1 is 1.40 bits per heavy atom. The van der Waals surface area contributed by atoms with Crippen LogP contribution in [-0.2, 0) is 0 Å². The van der Waals surface area contributed by atoms with E-state index in [9.17, 15) is 4.79 Å². The number of H-pyrrole nitrogens is 1. The average molecular weight is 272 g/mol. The van der Waals surface area contributed by atoms with E-state index >= 15 is 0 Å². The molecule has 2 atom stereocenters. The Morgan fingerprint density at radius 2 is 2.20 bits per heavy atom. The molecule has 5 nitrogen and oxygen atoms in total. The number of aromatic nitrogens is 2. The van der Waals surface area contributed by atoms with Crippen molar-refractivity contribution in [3.63, 3.8) is 0 Å². The molecular weight excluding hydrogens is 252 g/mol. The fourth-order valence-electron chi connectivity index (χ4n) is 3.05. The number of nitrogens with two attached hydrogens (primary N) is 1. The monoisotopic (exact) mass is 272 g/mol. The third-order valence-corrected chi connectivity index (χ3v) is 4.47. The van der Waals surface area contributed by atoms with Gasteiger partial charge in [-0.1, -0.05) is 6.92 Å². The van der Waals surface area contributed by atoms with E-state index in [0.29, 0.717) is 28.6 Å². The Kier molecular flexibility index (Phi) is 3.12. The van der Waals surface area contributed by atoms with Gasteiger partial charge in [-0.05, 0) is 37.8 Å². The van der Waals surface area contributed by atoms with Gasteiger partial charge in [0.1, 0.15) is 0 Å². The second-order valence-corrected chi connectivity index (χ2v) is 5.71. The van der Waals surface area contributed by atoms with Crippen molar-refractivity contribution in [2.45, 2.75) is 32.7 Å². The fraction of sp³-hybridized carbons (Fsp3) is 0.467. The molecule has 0 amide bonds. The maximum absolute atomic E-state index is 11.8. The summed E-state index contributed by atoms with van der Waals surface area (Å²) in [6.07, 6.45) is 3.86. The zero-order chi connectivity index (χ0) is 14.3. The Morgan fingerprint density at radius 3 is 3.00 bits per heavy atom. The minimum atomic E-state index is -0.145. The smallest absolute Gasteiger partial charge is 0.258 e. The van der Waals surface area contributed by atoms with Crippen molar-refractivity contribution in [1.29, 1.82) is 0 Å². The average Bonchev–Trinajstić information content (AvgIpc) is 2.43. The molecule has 0 aliphatic carbocycles. The Balaban J connectivity index is 2.12. The first-order valence-corrected chi connectivity index (χ1v) is 7.11. The summed E-state index contributed by atoms with van der Waals surface area (Å²) in [6.45, 7) is 5.51. The van der Waals surface area contributed by atoms with Gasteiger partial charge in [0.2, 0.25) is 0 Å². The normalized spacial score (nSPS) is 23.2. The quantitative estimate of drug-likeness (QED) is 0.780. The summed E-state index contributed by atoms with van der Waals surface area (Å²) in [5.74, 6) is 0.644. The number of rotatable bonds is 1. The first kappa shape index (κ1) is 13.0. The first-order valence-electron chi connectivity index (χ1n) is 7.11. The summed E-state index contributed by atoms with van der Waals surface area (Å²) in [4.78, 5) is 20.9. The van der Waals surface area contributed by atoms with E-state index in [0.717, 1.165) is 12.2 Å². The maximum atomic E-state index is 11.8. The number of fused-ring (bicyclic) bond motifs is 1. The van der Waals surface area contributed by atoms with Crippen LogP contribution in [0.2, 0.25) is 0 Å². The van der Waals surface area contributed by atoms with Crippen molar-refractivity contribution in [3.05, 3.63) is 28.8 Å². The van der Waals surface area contributed by atoms with Crippen molar-refractivity contribution >= 4 is 22.3 Å². The van der Waals surface area contributed by atoms with Crippen LogP contribution >= 0.6 is 0 Å². The molecule has 0 radical (unpaired) electrons. The van der Waals surface area contributed by atoms with E-state index in [4.69, 9.17) is 5.73 Å². The molecule has 2 aromatic rings. The zero-order valence-corrected chi connectivity index (χ0v) is 11.9. The van der Waals surface area contributed by atoms with Crippen LogP contribution in [0.1, 0.15) is 26.7 Å². The molecule has 106 valence electrons. The molecule has 0 bridgehead atoms. The van der Waals surface area contributed by atoms with Crippen molar-refractivity contribution in [1.82, 2.24) is 9.97 Å². The summed E-state index contributed by atoms with van der Waals surface area (Å²) in [5, 5.41) is 0.548. The van der Waals surface area contributed by atoms with Gasteiger partial charge in [0, 0.05) is 12.6 Å². The van der Waals surface area contributed by atoms with Gasteiger partial charge < -0.3 is 15.6 Å². The van der Waals surface area contributed by atoms with E-state index < -0.39 is 0 Å². The van der Waals surface area contributed by atoms with Gasteiger partial charge in [0.05, 0.1) is 28.6 Å². The van der Waals surface area contributed by atoms with E-state index in [1.807, 2.05) is 6.07 Å². The Labute approximate surface area is 117 Å². The number of aromatic amines is 1. The van der Waals surface area contributed by atoms with E-state index in [2.05, 4.69) is 28.7 Å². The number of hydrogen-bond acceptors (Lipinski definition) is 4. The Bertz CT molecular complexity index is 694. The summed E-state index contributed by atoms with van der Waals surface area (Å²) in [7, 11) is 0. The number of hydrogen-bond donors (Lipinski definition) is 2. The highest BCUT2D eigenvalue weighted by atomic mass is 16.1. The van der Waals surface area contributed by atoms with Crippen LogP contribution < -0.4 is 16.2 Å². The molecule has 1 aliphatic rings. The predicted molar refractivity (Wildman–Crippen MR) is 82.0 cm³/mol. The second-order valence-electron chi connectivity index (χ2n) is 5.71. The van der Waals surface area contributed by atoms with Gasteiger partial charge in [0.15, 0.2) is 0 Å². The lowest BCUT2D eigenvalue weighted by Gasteiger charge is -2.40. The predicted octanol–water partition coefficient (Wildman–Crippen LogP) is 2.13. The second kappa shape index (κ2) is 4.81. The summed E-state index contributed by atoms with van der Waals surface area (Å²) in [5.41, 5.74) is 8.37. The molecule has 1 aromatic heterocycles. The molecule has 1 aromatic carbocycles. The number of nitrogens with one attached hydrogen (secondary N) is 1. The SMILES string of the molecule is CC1CCCN(c2cc3nc[nH]c(=O)c3cc2N)C1C. The lowest BCUT2D eigenvalue weighted by Crippen LogP contribution is -2.42. The first-order chi connectivity index (χ1) is 9.58. The molecule has 1 aliphatic heterocycles. The minimum Gasteiger partial charge on any atom is -0.397 e. The standard InChI is InChI=1S/C15H20N4O/c1-9-4-3-5-19(10(9)2)14-7-13-11(6-12(14)16)15(20)18-8-17-13/h6-10H,3-5,16H2,1-2H3,(H,17,18,20). The topological polar surface area (TPSA) is 75.0 Å². The summed E-state index contributed by atoms with van der Waals surface area (Å²) < 4.78 is 0. The zero-order valence-electron chi connectivity index (χ0n) is 11.9. The molecule has 0 spiro atoms. The molecule has 3 N–H and O–H groups in total. The van der Waals surface area contributed by atoms with Crippen LogP contribution in [0.4, 0.5) is 11.4 Å². The van der Waals surface area contributed by atoms with Crippen LogP contribution in [-0.4, -0.2) is 22.6 Å². The Hall–Kier alpha value is -2.04. The highest BCUT2D eigenvalue weighted by Crippen LogP contribution is 2.33. The summed E-state index contributed by atoms with van der Waals surface area (Å²) in [6, 6.07) is 4.13. The van der Waals surface area contributed by atoms with E-state index in [-0.39, 0.29) is 5.56 Å². The van der Waals surface area contributed by atoms with Crippen molar-refractivity contribution in [2.75, 3.05) is 17.2 Å². The van der Waals surface area contributed by atoms with Crippen LogP contribution in [0, 0.1) is 5.92 Å². The molecule has 2 heterocycles. The molecule has 0 saturated carbocycles. The highest BCUT2D eigenvalue weighted by Gasteiger charge is 2.26. The molecule has 1 fully saturated rings. The van der Waals surface area contributed by atoms with Gasteiger partial charge in [-0.3, -0.25) is 4.79 Å². The third kappa shape index (κ3) is 2.03. The molecule has 2 unspecified atom stereocenters. The van der Waals surface area contributed by atoms with Gasteiger partial charge in [-0.25, -0.2) is 4.98 Å². The van der Waals surface area contributed by atoms with E-state index in [1.165, 1.54) is 19.2 Å². The lowest BCUT2D eigenvalue weighted by molar-refractivity contribution is 0.364. The number of nitrogen functional groups attached to an aromatic ring is 1. The largest absolute Gasteiger partial charge is 0.397 e. The maximum Gasteiger partial charge on any atom is 0.258 e. The fourth-order valence-corrected chi connectivity index (χ4v) is 3.05. The van der Waals surface area contributed by atoms with Crippen molar-refractivity contribution < 1.29 is 0 Å².